The number of rotatable bonds is 7. The van der Waals surface area contributed by atoms with Crippen LogP contribution in [0.1, 0.15) is 23.6 Å². The molecule has 3 aromatic carbocycles. The molecule has 186 valence electrons. The molecule has 9 nitrogen and oxygen atoms in total. The van der Waals surface area contributed by atoms with E-state index in [2.05, 4.69) is 15.5 Å². The Morgan fingerprint density at radius 3 is 2.03 bits per heavy atom. The van der Waals surface area contributed by atoms with E-state index in [9.17, 15) is 14.7 Å². The number of benzene rings is 3. The molecule has 2 N–H and O–H groups in total. The van der Waals surface area contributed by atoms with E-state index in [0.29, 0.717) is 23.7 Å². The number of aromatic nitrogens is 4. The van der Waals surface area contributed by atoms with Crippen LogP contribution in [0, 0.1) is 0 Å². The Bertz CT molecular complexity index is 1700. The molecule has 0 saturated heterocycles. The number of imidazole rings is 1. The first-order valence-electron chi connectivity index (χ1n) is 11.8. The Labute approximate surface area is 212 Å². The van der Waals surface area contributed by atoms with Gasteiger partial charge in [-0.3, -0.25) is 18.5 Å². The van der Waals surface area contributed by atoms with Crippen LogP contribution in [0.25, 0.3) is 11.2 Å². The van der Waals surface area contributed by atoms with Gasteiger partial charge >= 0.3 is 5.69 Å². The van der Waals surface area contributed by atoms with Gasteiger partial charge in [0.15, 0.2) is 11.2 Å². The Balaban J connectivity index is 1.65. The van der Waals surface area contributed by atoms with Crippen molar-refractivity contribution >= 4 is 22.8 Å². The number of phenols is 1. The normalized spacial score (nSPS) is 11.7. The van der Waals surface area contributed by atoms with Crippen LogP contribution in [-0.2, 0) is 20.1 Å². The standard InChI is InChI=1S/C28H26N6O3/c1-19(22-13-15-23(35)16-14-22)30-31-27-29-25-24(33(27)17-20-9-5-3-6-10-20)26(36)34(28(37)32(25)2)18-21-11-7-4-8-12-21/h3-16,35H,17-18H2,1-2H3,(H,29,31)/b30-19-. The third-order valence-electron chi connectivity index (χ3n) is 6.21. The minimum atomic E-state index is -0.443. The summed E-state index contributed by atoms with van der Waals surface area (Å²) in [5, 5.41) is 14.0. The fourth-order valence-electron chi connectivity index (χ4n) is 4.18. The van der Waals surface area contributed by atoms with Gasteiger partial charge in [-0.2, -0.15) is 10.1 Å². The Kier molecular flexibility index (Phi) is 6.42. The Hall–Kier alpha value is -4.92. The molecule has 0 amide bonds. The second kappa shape index (κ2) is 9.98. The number of hydrogen-bond acceptors (Lipinski definition) is 6. The largest absolute Gasteiger partial charge is 0.508 e. The highest BCUT2D eigenvalue weighted by Crippen LogP contribution is 2.19. The summed E-state index contributed by atoms with van der Waals surface area (Å²) in [7, 11) is 1.61. The van der Waals surface area contributed by atoms with Crippen LogP contribution >= 0.6 is 0 Å². The summed E-state index contributed by atoms with van der Waals surface area (Å²) in [6.45, 7) is 2.33. The minimum absolute atomic E-state index is 0.152. The molecule has 0 aliphatic heterocycles. The second-order valence-electron chi connectivity index (χ2n) is 8.75. The van der Waals surface area contributed by atoms with Crippen LogP contribution in [-0.4, -0.2) is 29.5 Å². The van der Waals surface area contributed by atoms with E-state index in [1.54, 1.807) is 35.9 Å². The second-order valence-corrected chi connectivity index (χ2v) is 8.75. The van der Waals surface area contributed by atoms with Crippen molar-refractivity contribution in [3.8, 4) is 5.75 Å². The van der Waals surface area contributed by atoms with Gasteiger partial charge in [-0.05, 0) is 47.9 Å². The number of phenolic OH excluding ortho intramolecular Hbond substituents is 1. The molecular formula is C28H26N6O3. The summed E-state index contributed by atoms with van der Waals surface area (Å²) in [5.74, 6) is 0.503. The molecule has 0 saturated carbocycles. The van der Waals surface area contributed by atoms with Crippen molar-refractivity contribution < 1.29 is 5.11 Å². The number of hydrogen-bond donors (Lipinski definition) is 2. The highest BCUT2D eigenvalue weighted by atomic mass is 16.3. The van der Waals surface area contributed by atoms with Crippen molar-refractivity contribution in [1.29, 1.82) is 0 Å². The van der Waals surface area contributed by atoms with Crippen molar-refractivity contribution in [3.05, 3.63) is 122 Å². The van der Waals surface area contributed by atoms with E-state index in [1.807, 2.05) is 67.6 Å². The number of hydrazone groups is 1. The first kappa shape index (κ1) is 23.8. The molecule has 9 heteroatoms. The number of nitrogens with zero attached hydrogens (tertiary/aromatic N) is 5. The average Bonchev–Trinajstić information content (AvgIpc) is 3.28. The minimum Gasteiger partial charge on any atom is -0.508 e. The molecule has 0 bridgehead atoms. The van der Waals surface area contributed by atoms with Gasteiger partial charge in [0, 0.05) is 7.05 Å². The molecule has 0 spiro atoms. The highest BCUT2D eigenvalue weighted by Gasteiger charge is 2.21. The third-order valence-corrected chi connectivity index (χ3v) is 6.21. The smallest absolute Gasteiger partial charge is 0.332 e. The maximum Gasteiger partial charge on any atom is 0.332 e. The van der Waals surface area contributed by atoms with E-state index < -0.39 is 11.2 Å². The fourth-order valence-corrected chi connectivity index (χ4v) is 4.18. The van der Waals surface area contributed by atoms with Crippen molar-refractivity contribution in [1.82, 2.24) is 18.7 Å². The van der Waals surface area contributed by atoms with E-state index in [1.165, 1.54) is 9.13 Å². The average molecular weight is 495 g/mol. The van der Waals surface area contributed by atoms with Crippen LogP contribution < -0.4 is 16.7 Å². The number of aromatic hydroxyl groups is 1. The van der Waals surface area contributed by atoms with Gasteiger partial charge in [0.05, 0.1) is 18.8 Å². The van der Waals surface area contributed by atoms with Crippen LogP contribution in [0.4, 0.5) is 5.95 Å². The topological polar surface area (TPSA) is 106 Å². The molecule has 0 aliphatic rings. The zero-order valence-electron chi connectivity index (χ0n) is 20.5. The van der Waals surface area contributed by atoms with E-state index >= 15 is 0 Å². The predicted molar refractivity (Wildman–Crippen MR) is 144 cm³/mol. The lowest BCUT2D eigenvalue weighted by atomic mass is 10.1. The van der Waals surface area contributed by atoms with Crippen molar-refractivity contribution in [3.63, 3.8) is 0 Å². The van der Waals surface area contributed by atoms with Gasteiger partial charge in [-0.25, -0.2) is 10.2 Å². The molecule has 0 aliphatic carbocycles. The summed E-state index contributed by atoms with van der Waals surface area (Å²) in [5.41, 5.74) is 6.00. The molecule has 5 aromatic rings. The van der Waals surface area contributed by atoms with Gasteiger partial charge in [-0.1, -0.05) is 60.7 Å². The lowest BCUT2D eigenvalue weighted by Gasteiger charge is -2.11. The van der Waals surface area contributed by atoms with Crippen molar-refractivity contribution in [2.45, 2.75) is 20.0 Å². The first-order chi connectivity index (χ1) is 17.9. The molecule has 0 radical (unpaired) electrons. The molecule has 0 atom stereocenters. The quantitative estimate of drug-likeness (QED) is 0.266. The van der Waals surface area contributed by atoms with Crippen LogP contribution in [0.3, 0.4) is 0 Å². The van der Waals surface area contributed by atoms with Gasteiger partial charge in [0.1, 0.15) is 5.75 Å². The van der Waals surface area contributed by atoms with Crippen LogP contribution in [0.2, 0.25) is 0 Å². The predicted octanol–water partition coefficient (Wildman–Crippen LogP) is 3.54. The summed E-state index contributed by atoms with van der Waals surface area (Å²) in [4.78, 5) is 31.5. The maximum atomic E-state index is 13.7. The summed E-state index contributed by atoms with van der Waals surface area (Å²) in [6.07, 6.45) is 0. The lowest BCUT2D eigenvalue weighted by molar-refractivity contribution is 0.475. The number of nitrogens with one attached hydrogen (secondary N) is 1. The van der Waals surface area contributed by atoms with E-state index in [4.69, 9.17) is 0 Å². The summed E-state index contributed by atoms with van der Waals surface area (Å²) in [6, 6.07) is 25.8. The SMILES string of the molecule is C/C(=N/Nc1nc2c(c(=O)n(Cc3ccccc3)c(=O)n2C)n1Cc1ccccc1)c1ccc(O)cc1. The Morgan fingerprint density at radius 2 is 1.43 bits per heavy atom. The molecule has 5 rings (SSSR count). The van der Waals surface area contributed by atoms with Crippen molar-refractivity contribution in [2.24, 2.45) is 12.1 Å². The first-order valence-corrected chi connectivity index (χ1v) is 11.8. The molecular weight excluding hydrogens is 468 g/mol. The van der Waals surface area contributed by atoms with Crippen molar-refractivity contribution in [2.75, 3.05) is 5.43 Å². The zero-order valence-corrected chi connectivity index (χ0v) is 20.5. The van der Waals surface area contributed by atoms with Gasteiger partial charge in [0.2, 0.25) is 5.95 Å². The van der Waals surface area contributed by atoms with E-state index in [0.717, 1.165) is 16.7 Å². The zero-order chi connectivity index (χ0) is 25.9. The van der Waals surface area contributed by atoms with Crippen LogP contribution in [0.15, 0.2) is 99.6 Å². The number of aryl methyl sites for hydroxylation is 1. The number of fused-ring (bicyclic) bond motifs is 1. The monoisotopic (exact) mass is 494 g/mol. The third kappa shape index (κ3) is 4.79. The lowest BCUT2D eigenvalue weighted by Crippen LogP contribution is -2.40. The molecule has 2 aromatic heterocycles. The molecule has 0 fully saturated rings. The summed E-state index contributed by atoms with van der Waals surface area (Å²) < 4.78 is 4.38. The Morgan fingerprint density at radius 1 is 0.865 bits per heavy atom. The fraction of sp³-hybridized carbons (Fsp3) is 0.143. The maximum absolute atomic E-state index is 13.7. The van der Waals surface area contributed by atoms with Crippen LogP contribution in [0.5, 0.6) is 5.75 Å². The number of anilines is 1. The highest BCUT2D eigenvalue weighted by molar-refractivity contribution is 5.99. The van der Waals surface area contributed by atoms with Gasteiger partial charge < -0.3 is 5.11 Å². The molecule has 37 heavy (non-hydrogen) atoms. The summed E-state index contributed by atoms with van der Waals surface area (Å²) >= 11 is 0. The van der Waals surface area contributed by atoms with Gasteiger partial charge in [0.25, 0.3) is 5.56 Å². The molecule has 0 unspecified atom stereocenters. The van der Waals surface area contributed by atoms with Gasteiger partial charge in [-0.15, -0.1) is 0 Å². The van der Waals surface area contributed by atoms with E-state index in [-0.39, 0.29) is 17.9 Å². The molecule has 2 heterocycles.